The van der Waals surface area contributed by atoms with Gasteiger partial charge in [0.15, 0.2) is 5.16 Å². The largest absolute Gasteiger partial charge is 0.497 e. The summed E-state index contributed by atoms with van der Waals surface area (Å²) in [6.45, 7) is 4.12. The number of H-pyrrole nitrogens is 1. The number of nitrogens with zero attached hydrogens (tertiary/aromatic N) is 4. The molecule has 4 aromatic rings. The number of carbonyl (C=O) groups excluding carboxylic acids is 1. The van der Waals surface area contributed by atoms with Gasteiger partial charge in [-0.05, 0) is 42.3 Å². The van der Waals surface area contributed by atoms with Gasteiger partial charge in [-0.2, -0.15) is 0 Å². The van der Waals surface area contributed by atoms with Crippen molar-refractivity contribution in [1.82, 2.24) is 30.0 Å². The van der Waals surface area contributed by atoms with Crippen molar-refractivity contribution >= 4 is 28.7 Å². The third kappa shape index (κ3) is 4.72. The Balaban J connectivity index is 1.43. The van der Waals surface area contributed by atoms with Crippen LogP contribution < -0.4 is 10.1 Å². The number of para-hydroxylation sites is 2. The number of thioether (sulfide) groups is 1. The van der Waals surface area contributed by atoms with Crippen LogP contribution in [0.3, 0.4) is 0 Å². The highest BCUT2D eigenvalue weighted by atomic mass is 32.2. The smallest absolute Gasteiger partial charge is 0.231 e. The Morgan fingerprint density at radius 3 is 2.68 bits per heavy atom. The number of amides is 1. The molecule has 2 aromatic carbocycles. The van der Waals surface area contributed by atoms with Crippen molar-refractivity contribution in [2.75, 3.05) is 12.9 Å². The highest BCUT2D eigenvalue weighted by Crippen LogP contribution is 2.24. The second-order valence-corrected chi connectivity index (χ2v) is 8.34. The summed E-state index contributed by atoms with van der Waals surface area (Å²) < 4.78 is 7.05. The van der Waals surface area contributed by atoms with Gasteiger partial charge in [0.2, 0.25) is 5.91 Å². The minimum atomic E-state index is -0.208. The molecule has 1 amide bonds. The Labute approximate surface area is 184 Å². The molecule has 0 bridgehead atoms. The number of carbonyl (C=O) groups is 1. The number of aromatic nitrogens is 5. The van der Waals surface area contributed by atoms with Crippen molar-refractivity contribution in [3.05, 3.63) is 60.7 Å². The predicted molar refractivity (Wildman–Crippen MR) is 120 cm³/mol. The van der Waals surface area contributed by atoms with Crippen LogP contribution in [0.15, 0.2) is 60.0 Å². The van der Waals surface area contributed by atoms with Gasteiger partial charge in [0.25, 0.3) is 0 Å². The number of imidazole rings is 1. The lowest BCUT2D eigenvalue weighted by atomic mass is 10.0. The maximum absolute atomic E-state index is 12.7. The van der Waals surface area contributed by atoms with Gasteiger partial charge in [0.05, 0.1) is 29.9 Å². The summed E-state index contributed by atoms with van der Waals surface area (Å²) in [5.74, 6) is 1.84. The Morgan fingerprint density at radius 2 is 1.97 bits per heavy atom. The Bertz CT molecular complexity index is 1140. The molecule has 0 aliphatic rings. The molecule has 1 unspecified atom stereocenters. The molecule has 0 spiro atoms. The lowest BCUT2D eigenvalue weighted by molar-refractivity contribution is -0.119. The van der Waals surface area contributed by atoms with E-state index in [1.807, 2.05) is 53.1 Å². The molecule has 4 rings (SSSR count). The summed E-state index contributed by atoms with van der Waals surface area (Å²) in [5.41, 5.74) is 2.75. The minimum Gasteiger partial charge on any atom is -0.497 e. The molecule has 0 saturated heterocycles. The standard InChI is InChI=1S/C22H24N6O2S/c1-14(2)20(21-24-17-6-4-5-7-18(17)25-21)26-19(29)12-31-22-27-23-13-28(22)15-8-10-16(30-3)11-9-15/h4-11,13-14,20H,12H2,1-3H3,(H,24,25)(H,26,29). The number of methoxy groups -OCH3 is 1. The van der Waals surface area contributed by atoms with Crippen LogP contribution in [0.1, 0.15) is 25.7 Å². The van der Waals surface area contributed by atoms with E-state index >= 15 is 0 Å². The Hall–Kier alpha value is -3.33. The molecule has 2 N–H and O–H groups in total. The van der Waals surface area contributed by atoms with Gasteiger partial charge < -0.3 is 15.0 Å². The number of hydrogen-bond donors (Lipinski definition) is 2. The van der Waals surface area contributed by atoms with Crippen LogP contribution in [0, 0.1) is 5.92 Å². The number of rotatable bonds is 8. The average molecular weight is 437 g/mol. The van der Waals surface area contributed by atoms with E-state index in [1.54, 1.807) is 13.4 Å². The molecule has 0 aliphatic heterocycles. The molecule has 8 nitrogen and oxygen atoms in total. The monoisotopic (exact) mass is 436 g/mol. The zero-order valence-corrected chi connectivity index (χ0v) is 18.4. The van der Waals surface area contributed by atoms with Crippen LogP contribution in [0.2, 0.25) is 0 Å². The topological polar surface area (TPSA) is 97.7 Å². The molecular weight excluding hydrogens is 412 g/mol. The molecule has 2 heterocycles. The molecule has 0 aliphatic carbocycles. The van der Waals surface area contributed by atoms with Crippen molar-refractivity contribution in [2.45, 2.75) is 25.0 Å². The van der Waals surface area contributed by atoms with Crippen LogP contribution in [-0.4, -0.2) is 43.5 Å². The first-order chi connectivity index (χ1) is 15.0. The molecule has 0 fully saturated rings. The van der Waals surface area contributed by atoms with E-state index in [9.17, 15) is 4.79 Å². The van der Waals surface area contributed by atoms with Crippen molar-refractivity contribution in [3.63, 3.8) is 0 Å². The zero-order chi connectivity index (χ0) is 21.8. The van der Waals surface area contributed by atoms with Crippen molar-refractivity contribution < 1.29 is 9.53 Å². The quantitative estimate of drug-likeness (QED) is 0.408. The van der Waals surface area contributed by atoms with Crippen LogP contribution in [0.4, 0.5) is 0 Å². The summed E-state index contributed by atoms with van der Waals surface area (Å²) in [6.07, 6.45) is 1.63. The first-order valence-electron chi connectivity index (χ1n) is 9.96. The lowest BCUT2D eigenvalue weighted by Crippen LogP contribution is -2.33. The molecular formula is C22H24N6O2S. The molecule has 160 valence electrons. The average Bonchev–Trinajstić information content (AvgIpc) is 3.42. The van der Waals surface area contributed by atoms with Gasteiger partial charge in [-0.25, -0.2) is 4.98 Å². The molecule has 2 aromatic heterocycles. The first-order valence-corrected chi connectivity index (χ1v) is 10.9. The van der Waals surface area contributed by atoms with E-state index in [0.717, 1.165) is 28.3 Å². The van der Waals surface area contributed by atoms with Crippen molar-refractivity contribution in [2.24, 2.45) is 5.92 Å². The number of nitrogens with one attached hydrogen (secondary N) is 2. The van der Waals surface area contributed by atoms with Gasteiger partial charge in [-0.1, -0.05) is 37.7 Å². The van der Waals surface area contributed by atoms with Crippen molar-refractivity contribution in [1.29, 1.82) is 0 Å². The van der Waals surface area contributed by atoms with Gasteiger partial charge in [-0.3, -0.25) is 9.36 Å². The minimum absolute atomic E-state index is 0.0894. The number of hydrogen-bond acceptors (Lipinski definition) is 6. The summed E-state index contributed by atoms with van der Waals surface area (Å²) in [7, 11) is 1.63. The normalized spacial score (nSPS) is 12.3. The summed E-state index contributed by atoms with van der Waals surface area (Å²) >= 11 is 1.34. The van der Waals surface area contributed by atoms with Crippen LogP contribution in [0.25, 0.3) is 16.7 Å². The second kappa shape index (κ2) is 9.22. The third-order valence-corrected chi connectivity index (χ3v) is 5.83. The van der Waals surface area contributed by atoms with Gasteiger partial charge in [0, 0.05) is 5.69 Å². The van der Waals surface area contributed by atoms with Crippen LogP contribution >= 0.6 is 11.8 Å². The van der Waals surface area contributed by atoms with E-state index in [4.69, 9.17) is 4.74 Å². The number of ether oxygens (including phenoxy) is 1. The summed E-state index contributed by atoms with van der Waals surface area (Å²) in [6, 6.07) is 15.2. The van der Waals surface area contributed by atoms with Crippen molar-refractivity contribution in [3.8, 4) is 11.4 Å². The van der Waals surface area contributed by atoms with E-state index < -0.39 is 0 Å². The van der Waals surface area contributed by atoms with E-state index in [-0.39, 0.29) is 23.6 Å². The number of aromatic amines is 1. The van der Waals surface area contributed by atoms with E-state index in [1.165, 1.54) is 11.8 Å². The molecule has 1 atom stereocenters. The fourth-order valence-corrected chi connectivity index (χ4v) is 4.00. The third-order valence-electron chi connectivity index (χ3n) is 4.88. The highest BCUT2D eigenvalue weighted by molar-refractivity contribution is 7.99. The first kappa shape index (κ1) is 20.9. The Morgan fingerprint density at radius 1 is 1.19 bits per heavy atom. The predicted octanol–water partition coefficient (Wildman–Crippen LogP) is 3.76. The number of fused-ring (bicyclic) bond motifs is 1. The van der Waals surface area contributed by atoms with Crippen LogP contribution in [0.5, 0.6) is 5.75 Å². The van der Waals surface area contributed by atoms with Crippen LogP contribution in [-0.2, 0) is 4.79 Å². The van der Waals surface area contributed by atoms with E-state index in [2.05, 4.69) is 39.3 Å². The van der Waals surface area contributed by atoms with Gasteiger partial charge in [0.1, 0.15) is 17.9 Å². The highest BCUT2D eigenvalue weighted by Gasteiger charge is 2.22. The Kier molecular flexibility index (Phi) is 6.22. The molecule has 0 radical (unpaired) electrons. The number of benzene rings is 2. The maximum atomic E-state index is 12.7. The summed E-state index contributed by atoms with van der Waals surface area (Å²) in [5, 5.41) is 11.9. The fraction of sp³-hybridized carbons (Fsp3) is 0.273. The van der Waals surface area contributed by atoms with Gasteiger partial charge in [-0.15, -0.1) is 10.2 Å². The molecule has 0 saturated carbocycles. The molecule has 9 heteroatoms. The van der Waals surface area contributed by atoms with E-state index in [0.29, 0.717) is 5.16 Å². The summed E-state index contributed by atoms with van der Waals surface area (Å²) in [4.78, 5) is 20.7. The SMILES string of the molecule is COc1ccc(-n2cnnc2SCC(=O)NC(c2nc3ccccc3[nH]2)C(C)C)cc1. The maximum Gasteiger partial charge on any atom is 0.231 e. The lowest BCUT2D eigenvalue weighted by Gasteiger charge is -2.20. The second-order valence-electron chi connectivity index (χ2n) is 7.40. The fourth-order valence-electron chi connectivity index (χ4n) is 3.26. The molecule has 31 heavy (non-hydrogen) atoms. The van der Waals surface area contributed by atoms with Gasteiger partial charge >= 0.3 is 0 Å². The zero-order valence-electron chi connectivity index (χ0n) is 17.6.